The van der Waals surface area contributed by atoms with Gasteiger partial charge in [0.05, 0.1) is 6.54 Å². The first-order valence-corrected chi connectivity index (χ1v) is 10.9. The van der Waals surface area contributed by atoms with Gasteiger partial charge in [-0.25, -0.2) is 0 Å². The topological polar surface area (TPSA) is 61.9 Å². The van der Waals surface area contributed by atoms with E-state index in [1.54, 1.807) is 0 Å². The first-order valence-electron chi connectivity index (χ1n) is 10.9. The van der Waals surface area contributed by atoms with Gasteiger partial charge in [0.1, 0.15) is 18.1 Å². The number of piperidine rings is 1. The number of aliphatic hydroxyl groups excluding tert-OH is 1. The Morgan fingerprint density at radius 1 is 1.00 bits per heavy atom. The lowest BCUT2D eigenvalue weighted by atomic mass is 9.82. The van der Waals surface area contributed by atoms with Crippen LogP contribution >= 0.6 is 0 Å². The van der Waals surface area contributed by atoms with E-state index in [0.29, 0.717) is 17.6 Å². The Labute approximate surface area is 182 Å². The number of rotatable bonds is 5. The summed E-state index contributed by atoms with van der Waals surface area (Å²) in [7, 11) is 4.03. The fourth-order valence-corrected chi connectivity index (χ4v) is 5.15. The minimum atomic E-state index is -0.0677. The smallest absolute Gasteiger partial charge is 0.258 e. The molecule has 0 aliphatic carbocycles. The van der Waals surface area contributed by atoms with Crippen LogP contribution in [0, 0.1) is 5.92 Å². The fraction of sp³-hybridized carbons (Fsp3) is 0.400. The predicted molar refractivity (Wildman–Crippen MR) is 121 cm³/mol. The van der Waals surface area contributed by atoms with Crippen LogP contribution in [0.5, 0.6) is 0 Å². The van der Waals surface area contributed by atoms with E-state index in [2.05, 4.69) is 28.0 Å². The number of furan rings is 1. The molecule has 4 heterocycles. The van der Waals surface area contributed by atoms with Gasteiger partial charge in [-0.05, 0) is 54.3 Å². The SMILES string of the molecule is CN(C)c1ccc(-c2ccc3n(c2=O)C[C@H]2C[C@@H]3CN(Cc3ccc(CO)o3)C2)cc1. The summed E-state index contributed by atoms with van der Waals surface area (Å²) in [6, 6.07) is 16.1. The lowest BCUT2D eigenvalue weighted by Gasteiger charge is -2.42. The summed E-state index contributed by atoms with van der Waals surface area (Å²) < 4.78 is 7.70. The van der Waals surface area contributed by atoms with Crippen molar-refractivity contribution in [3.05, 3.63) is 76.1 Å². The van der Waals surface area contributed by atoms with Gasteiger partial charge in [-0.2, -0.15) is 0 Å². The van der Waals surface area contributed by atoms with E-state index >= 15 is 0 Å². The maximum Gasteiger partial charge on any atom is 0.258 e. The molecule has 5 rings (SSSR count). The lowest BCUT2D eigenvalue weighted by Crippen LogP contribution is -2.46. The van der Waals surface area contributed by atoms with Crippen molar-refractivity contribution in [2.45, 2.75) is 32.0 Å². The molecule has 2 aliphatic heterocycles. The third-order valence-corrected chi connectivity index (χ3v) is 6.63. The van der Waals surface area contributed by atoms with Crippen LogP contribution in [-0.2, 0) is 19.7 Å². The molecule has 0 radical (unpaired) electrons. The molecule has 2 bridgehead atoms. The highest BCUT2D eigenvalue weighted by atomic mass is 16.4. The van der Waals surface area contributed by atoms with Crippen molar-refractivity contribution in [1.82, 2.24) is 9.47 Å². The first kappa shape index (κ1) is 20.1. The zero-order valence-corrected chi connectivity index (χ0v) is 18.1. The number of aromatic nitrogens is 1. The van der Waals surface area contributed by atoms with Crippen molar-refractivity contribution < 1.29 is 9.52 Å². The Hall–Kier alpha value is -2.83. The molecule has 2 aromatic heterocycles. The van der Waals surface area contributed by atoms with Gasteiger partial charge in [0.15, 0.2) is 0 Å². The molecule has 1 saturated heterocycles. The molecule has 0 amide bonds. The van der Waals surface area contributed by atoms with Crippen LogP contribution in [0.1, 0.15) is 29.6 Å². The average molecular weight is 420 g/mol. The molecule has 31 heavy (non-hydrogen) atoms. The number of hydrogen-bond acceptors (Lipinski definition) is 5. The van der Waals surface area contributed by atoms with Crippen LogP contribution in [0.2, 0.25) is 0 Å². The highest BCUT2D eigenvalue weighted by molar-refractivity contribution is 5.65. The van der Waals surface area contributed by atoms with E-state index in [4.69, 9.17) is 4.42 Å². The summed E-state index contributed by atoms with van der Waals surface area (Å²) >= 11 is 0. The molecule has 1 fully saturated rings. The largest absolute Gasteiger partial charge is 0.462 e. The zero-order chi connectivity index (χ0) is 21.5. The van der Waals surface area contributed by atoms with Gasteiger partial charge >= 0.3 is 0 Å². The third-order valence-electron chi connectivity index (χ3n) is 6.63. The van der Waals surface area contributed by atoms with Crippen molar-refractivity contribution in [3.63, 3.8) is 0 Å². The monoisotopic (exact) mass is 419 g/mol. The normalized spacial score (nSPS) is 20.5. The summed E-state index contributed by atoms with van der Waals surface area (Å²) in [6.07, 6.45) is 1.13. The van der Waals surface area contributed by atoms with Crippen molar-refractivity contribution in [1.29, 1.82) is 0 Å². The number of nitrogens with zero attached hydrogens (tertiary/aromatic N) is 3. The quantitative estimate of drug-likeness (QED) is 0.688. The number of anilines is 1. The van der Waals surface area contributed by atoms with Crippen molar-refractivity contribution >= 4 is 5.69 Å². The summed E-state index contributed by atoms with van der Waals surface area (Å²) in [4.78, 5) is 17.8. The Kier molecular flexibility index (Phi) is 5.20. The molecule has 1 N–H and O–H groups in total. The van der Waals surface area contributed by atoms with Gasteiger partial charge in [-0.1, -0.05) is 12.1 Å². The second-order valence-electron chi connectivity index (χ2n) is 9.05. The minimum absolute atomic E-state index is 0.0677. The molecule has 1 aromatic carbocycles. The molecule has 162 valence electrons. The van der Waals surface area contributed by atoms with Gasteiger partial charge in [-0.15, -0.1) is 0 Å². The van der Waals surface area contributed by atoms with Crippen LogP contribution < -0.4 is 10.5 Å². The zero-order valence-electron chi connectivity index (χ0n) is 18.1. The highest BCUT2D eigenvalue weighted by Crippen LogP contribution is 2.36. The van der Waals surface area contributed by atoms with Crippen molar-refractivity contribution in [2.24, 2.45) is 5.92 Å². The van der Waals surface area contributed by atoms with Crippen LogP contribution in [0.15, 0.2) is 57.7 Å². The Bertz CT molecular complexity index is 1130. The van der Waals surface area contributed by atoms with Gasteiger partial charge in [0.2, 0.25) is 0 Å². The van der Waals surface area contributed by atoms with E-state index in [1.807, 2.05) is 49.0 Å². The van der Waals surface area contributed by atoms with Crippen LogP contribution in [0.4, 0.5) is 5.69 Å². The number of pyridine rings is 1. The Balaban J connectivity index is 1.39. The molecular formula is C25H29N3O3. The van der Waals surface area contributed by atoms with Crippen LogP contribution in [0.25, 0.3) is 11.1 Å². The second kappa shape index (κ2) is 8.02. The number of likely N-dealkylation sites (tertiary alicyclic amines) is 1. The molecule has 2 aliphatic rings. The van der Waals surface area contributed by atoms with E-state index in [9.17, 15) is 9.90 Å². The molecule has 0 unspecified atom stereocenters. The maximum atomic E-state index is 13.4. The summed E-state index contributed by atoms with van der Waals surface area (Å²) in [5.41, 5.74) is 4.14. The Morgan fingerprint density at radius 2 is 1.77 bits per heavy atom. The fourth-order valence-electron chi connectivity index (χ4n) is 5.15. The molecule has 0 spiro atoms. The van der Waals surface area contributed by atoms with Crippen LogP contribution in [-0.4, -0.2) is 41.8 Å². The summed E-state index contributed by atoms with van der Waals surface area (Å²) in [6.45, 7) is 3.32. The minimum Gasteiger partial charge on any atom is -0.462 e. The molecule has 6 nitrogen and oxygen atoms in total. The Morgan fingerprint density at radius 3 is 2.48 bits per heavy atom. The van der Waals surface area contributed by atoms with Gasteiger partial charge < -0.3 is 19.0 Å². The van der Waals surface area contributed by atoms with Crippen molar-refractivity contribution in [3.8, 4) is 11.1 Å². The number of aliphatic hydroxyl groups is 1. The first-order chi connectivity index (χ1) is 15.0. The number of hydrogen-bond donors (Lipinski definition) is 1. The van der Waals surface area contributed by atoms with Gasteiger partial charge in [0.25, 0.3) is 5.56 Å². The maximum absolute atomic E-state index is 13.4. The number of benzene rings is 1. The van der Waals surface area contributed by atoms with E-state index in [1.165, 1.54) is 0 Å². The van der Waals surface area contributed by atoms with Gasteiger partial charge in [0, 0.05) is 56.6 Å². The lowest BCUT2D eigenvalue weighted by molar-refractivity contribution is 0.106. The predicted octanol–water partition coefficient (Wildman–Crippen LogP) is 3.29. The standard InChI is InChI=1S/C25H29N3O3/c1-26(2)20-5-3-18(4-6-20)23-9-10-24-19-11-17(13-28(24)25(23)30)12-27(14-19)15-21-7-8-22(16-29)31-21/h3-10,17,19,29H,11-16H2,1-2H3/t17-,19+/m0/s1. The molecular weight excluding hydrogens is 390 g/mol. The molecule has 2 atom stereocenters. The van der Waals surface area contributed by atoms with Gasteiger partial charge in [-0.3, -0.25) is 9.69 Å². The van der Waals surface area contributed by atoms with E-state index in [-0.39, 0.29) is 12.2 Å². The summed E-state index contributed by atoms with van der Waals surface area (Å²) in [5, 5.41) is 9.22. The van der Waals surface area contributed by atoms with E-state index in [0.717, 1.165) is 60.9 Å². The second-order valence-corrected chi connectivity index (χ2v) is 9.05. The molecule has 0 saturated carbocycles. The average Bonchev–Trinajstić information content (AvgIpc) is 3.22. The van der Waals surface area contributed by atoms with Crippen LogP contribution in [0.3, 0.4) is 0 Å². The summed E-state index contributed by atoms with van der Waals surface area (Å²) in [5.74, 6) is 2.31. The van der Waals surface area contributed by atoms with Crippen molar-refractivity contribution in [2.75, 3.05) is 32.1 Å². The highest BCUT2D eigenvalue weighted by Gasteiger charge is 2.35. The molecule has 6 heteroatoms. The molecule has 3 aromatic rings. The third kappa shape index (κ3) is 3.82. The number of fused-ring (bicyclic) bond motifs is 4. The van der Waals surface area contributed by atoms with E-state index < -0.39 is 0 Å².